The first-order valence-corrected chi connectivity index (χ1v) is 7.43. The minimum atomic E-state index is -3.91. The van der Waals surface area contributed by atoms with Crippen LogP contribution in [0.25, 0.3) is 0 Å². The monoisotopic (exact) mass is 294 g/mol. The van der Waals surface area contributed by atoms with E-state index in [1.807, 2.05) is 0 Å². The highest BCUT2D eigenvalue weighted by Gasteiger charge is 2.19. The summed E-state index contributed by atoms with van der Waals surface area (Å²) < 4.78 is 40.3. The van der Waals surface area contributed by atoms with Gasteiger partial charge in [0, 0.05) is 0 Å². The molecule has 0 saturated carbocycles. The quantitative estimate of drug-likeness (QED) is 0.855. The minimum Gasteiger partial charge on any atom is -0.398 e. The molecular formula is C14H15FN2O2S. The Labute approximate surface area is 117 Å². The van der Waals surface area contributed by atoms with Gasteiger partial charge in [-0.1, -0.05) is 12.1 Å². The average molecular weight is 294 g/mol. The number of nitrogens with two attached hydrogens (primary N) is 1. The highest BCUT2D eigenvalue weighted by molar-refractivity contribution is 7.92. The molecule has 20 heavy (non-hydrogen) atoms. The molecule has 0 aliphatic heterocycles. The summed E-state index contributed by atoms with van der Waals surface area (Å²) in [6, 6.07) is 8.86. The van der Waals surface area contributed by atoms with Crippen molar-refractivity contribution in [2.45, 2.75) is 18.7 Å². The number of rotatable bonds is 3. The third kappa shape index (κ3) is 2.91. The first-order chi connectivity index (χ1) is 9.29. The van der Waals surface area contributed by atoms with Gasteiger partial charge in [0.2, 0.25) is 0 Å². The summed E-state index contributed by atoms with van der Waals surface area (Å²) in [5, 5.41) is 0. The van der Waals surface area contributed by atoms with Crippen molar-refractivity contribution in [3.05, 3.63) is 53.3 Å². The van der Waals surface area contributed by atoms with Crippen molar-refractivity contribution in [2.24, 2.45) is 0 Å². The highest BCUT2D eigenvalue weighted by atomic mass is 32.2. The van der Waals surface area contributed by atoms with Crippen molar-refractivity contribution in [3.8, 4) is 0 Å². The third-order valence-electron chi connectivity index (χ3n) is 2.82. The summed E-state index contributed by atoms with van der Waals surface area (Å²) in [7, 11) is -3.91. The van der Waals surface area contributed by atoms with Crippen LogP contribution in [0.3, 0.4) is 0 Å². The zero-order valence-corrected chi connectivity index (χ0v) is 12.0. The Kier molecular flexibility index (Phi) is 3.67. The van der Waals surface area contributed by atoms with Crippen LogP contribution < -0.4 is 10.5 Å². The molecule has 0 heterocycles. The SMILES string of the molecule is Cc1ccc(S(=O)(=O)Nc2ccc(C)cc2F)c(N)c1. The molecule has 2 rings (SSSR count). The second-order valence-corrected chi connectivity index (χ2v) is 6.28. The number of benzene rings is 2. The van der Waals surface area contributed by atoms with Gasteiger partial charge in [0.1, 0.15) is 10.7 Å². The lowest BCUT2D eigenvalue weighted by atomic mass is 10.2. The van der Waals surface area contributed by atoms with E-state index in [0.717, 1.165) is 5.56 Å². The van der Waals surface area contributed by atoms with E-state index in [1.165, 1.54) is 18.2 Å². The topological polar surface area (TPSA) is 72.2 Å². The Morgan fingerprint density at radius 1 is 1.05 bits per heavy atom. The Morgan fingerprint density at radius 3 is 2.25 bits per heavy atom. The van der Waals surface area contributed by atoms with Crippen LogP contribution in [0, 0.1) is 19.7 Å². The molecule has 0 aliphatic rings. The summed E-state index contributed by atoms with van der Waals surface area (Å²) in [6.07, 6.45) is 0. The average Bonchev–Trinajstić information content (AvgIpc) is 2.32. The zero-order valence-electron chi connectivity index (χ0n) is 11.1. The number of anilines is 2. The number of hydrogen-bond acceptors (Lipinski definition) is 3. The smallest absolute Gasteiger partial charge is 0.264 e. The van der Waals surface area contributed by atoms with Gasteiger partial charge in [0.05, 0.1) is 11.4 Å². The molecule has 4 nitrogen and oxygen atoms in total. The van der Waals surface area contributed by atoms with Gasteiger partial charge >= 0.3 is 0 Å². The highest BCUT2D eigenvalue weighted by Crippen LogP contribution is 2.24. The van der Waals surface area contributed by atoms with E-state index in [0.29, 0.717) is 5.56 Å². The van der Waals surface area contributed by atoms with Gasteiger partial charge in [0.25, 0.3) is 10.0 Å². The van der Waals surface area contributed by atoms with E-state index in [2.05, 4.69) is 4.72 Å². The fourth-order valence-electron chi connectivity index (χ4n) is 1.82. The van der Waals surface area contributed by atoms with Crippen LogP contribution in [0.4, 0.5) is 15.8 Å². The van der Waals surface area contributed by atoms with E-state index in [4.69, 9.17) is 5.73 Å². The summed E-state index contributed by atoms with van der Waals surface area (Å²) in [5.74, 6) is -0.626. The van der Waals surface area contributed by atoms with Gasteiger partial charge in [-0.3, -0.25) is 4.72 Å². The van der Waals surface area contributed by atoms with Crippen LogP contribution in [0.1, 0.15) is 11.1 Å². The minimum absolute atomic E-state index is 0.0666. The number of aryl methyl sites for hydroxylation is 2. The first-order valence-electron chi connectivity index (χ1n) is 5.95. The molecule has 6 heteroatoms. The van der Waals surface area contributed by atoms with E-state index < -0.39 is 15.8 Å². The summed E-state index contributed by atoms with van der Waals surface area (Å²) in [6.45, 7) is 3.53. The van der Waals surface area contributed by atoms with Crippen molar-refractivity contribution in [1.29, 1.82) is 0 Å². The van der Waals surface area contributed by atoms with E-state index in [-0.39, 0.29) is 16.3 Å². The molecule has 0 amide bonds. The molecule has 0 radical (unpaired) electrons. The molecule has 0 aromatic heterocycles. The maximum Gasteiger partial charge on any atom is 0.264 e. The van der Waals surface area contributed by atoms with E-state index in [1.54, 1.807) is 32.0 Å². The van der Waals surface area contributed by atoms with Crippen LogP contribution in [-0.2, 0) is 10.0 Å². The van der Waals surface area contributed by atoms with Gasteiger partial charge in [-0.25, -0.2) is 12.8 Å². The molecule has 3 N–H and O–H groups in total. The Bertz CT molecular complexity index is 758. The molecule has 106 valence electrons. The van der Waals surface area contributed by atoms with Crippen LogP contribution in [0.5, 0.6) is 0 Å². The molecule has 2 aromatic carbocycles. The van der Waals surface area contributed by atoms with Crippen LogP contribution >= 0.6 is 0 Å². The van der Waals surface area contributed by atoms with E-state index >= 15 is 0 Å². The molecule has 0 spiro atoms. The van der Waals surface area contributed by atoms with Gasteiger partial charge in [-0.15, -0.1) is 0 Å². The zero-order chi connectivity index (χ0) is 14.9. The lowest BCUT2D eigenvalue weighted by molar-refractivity contribution is 0.599. The van der Waals surface area contributed by atoms with Crippen LogP contribution in [0.2, 0.25) is 0 Å². The largest absolute Gasteiger partial charge is 0.398 e. The summed E-state index contributed by atoms with van der Waals surface area (Å²) >= 11 is 0. The van der Waals surface area contributed by atoms with Gasteiger partial charge in [-0.05, 0) is 49.2 Å². The molecule has 0 bridgehead atoms. The van der Waals surface area contributed by atoms with Crippen molar-refractivity contribution in [2.75, 3.05) is 10.5 Å². The standard InChI is InChI=1S/C14H15FN2O2S/c1-9-3-5-13(11(15)7-9)17-20(18,19)14-6-4-10(2)8-12(14)16/h3-8,17H,16H2,1-2H3. The van der Waals surface area contributed by atoms with Crippen LogP contribution in [0.15, 0.2) is 41.3 Å². The fraction of sp³-hybridized carbons (Fsp3) is 0.143. The van der Waals surface area contributed by atoms with Crippen molar-refractivity contribution < 1.29 is 12.8 Å². The molecule has 0 atom stereocenters. The number of nitrogen functional groups attached to an aromatic ring is 1. The van der Waals surface area contributed by atoms with Gasteiger partial charge in [-0.2, -0.15) is 0 Å². The van der Waals surface area contributed by atoms with Crippen molar-refractivity contribution in [1.82, 2.24) is 0 Å². The molecule has 0 saturated heterocycles. The fourth-order valence-corrected chi connectivity index (χ4v) is 3.00. The van der Waals surface area contributed by atoms with Gasteiger partial charge < -0.3 is 5.73 Å². The van der Waals surface area contributed by atoms with Gasteiger partial charge in [0.15, 0.2) is 0 Å². The molecule has 0 fully saturated rings. The summed E-state index contributed by atoms with van der Waals surface area (Å²) in [5.41, 5.74) is 7.30. The van der Waals surface area contributed by atoms with Crippen LogP contribution in [-0.4, -0.2) is 8.42 Å². The molecule has 0 aliphatic carbocycles. The normalized spacial score (nSPS) is 11.3. The molecular weight excluding hydrogens is 279 g/mol. The maximum atomic E-state index is 13.7. The first kappa shape index (κ1) is 14.3. The number of nitrogens with one attached hydrogen (secondary N) is 1. The third-order valence-corrected chi connectivity index (χ3v) is 4.26. The lowest BCUT2D eigenvalue weighted by Crippen LogP contribution is -2.15. The molecule has 0 unspecified atom stereocenters. The Balaban J connectivity index is 2.41. The number of hydrogen-bond donors (Lipinski definition) is 2. The van der Waals surface area contributed by atoms with Crippen molar-refractivity contribution >= 4 is 21.4 Å². The second-order valence-electron chi connectivity index (χ2n) is 4.63. The molecule has 2 aromatic rings. The van der Waals surface area contributed by atoms with Crippen molar-refractivity contribution in [3.63, 3.8) is 0 Å². The number of halogens is 1. The summed E-state index contributed by atoms with van der Waals surface area (Å²) in [4.78, 5) is -0.0666. The predicted octanol–water partition coefficient (Wildman–Crippen LogP) is 2.83. The number of sulfonamides is 1. The second kappa shape index (κ2) is 5.13. The predicted molar refractivity (Wildman–Crippen MR) is 77.5 cm³/mol. The maximum absolute atomic E-state index is 13.7. The Hall–Kier alpha value is -2.08. The lowest BCUT2D eigenvalue weighted by Gasteiger charge is -2.11. The van der Waals surface area contributed by atoms with E-state index in [9.17, 15) is 12.8 Å². The Morgan fingerprint density at radius 2 is 1.65 bits per heavy atom.